The van der Waals surface area contributed by atoms with Crippen molar-refractivity contribution in [2.45, 2.75) is 19.7 Å². The maximum absolute atomic E-state index is 5.75. The summed E-state index contributed by atoms with van der Waals surface area (Å²) in [5, 5.41) is 0. The van der Waals surface area contributed by atoms with Crippen LogP contribution in [0.1, 0.15) is 18.2 Å². The highest BCUT2D eigenvalue weighted by Crippen LogP contribution is 2.21. The van der Waals surface area contributed by atoms with Gasteiger partial charge >= 0.3 is 0 Å². The van der Waals surface area contributed by atoms with Crippen molar-refractivity contribution in [2.24, 2.45) is 0 Å². The molecule has 0 fully saturated rings. The van der Waals surface area contributed by atoms with Gasteiger partial charge in [-0.05, 0) is 19.9 Å². The molecule has 1 rings (SSSR count). The maximum Gasteiger partial charge on any atom is 0.127 e. The van der Waals surface area contributed by atoms with E-state index in [2.05, 4.69) is 4.98 Å². The number of aryl methyl sites for hydroxylation is 1. The summed E-state index contributed by atoms with van der Waals surface area (Å²) >= 11 is 5.75. The lowest BCUT2D eigenvalue weighted by Crippen LogP contribution is -1.98. The molecule has 1 aromatic heterocycles. The van der Waals surface area contributed by atoms with Crippen LogP contribution in [0.25, 0.3) is 0 Å². The number of aromatic nitrogens is 1. The zero-order valence-electron chi connectivity index (χ0n) is 7.30. The van der Waals surface area contributed by atoms with Gasteiger partial charge in [-0.3, -0.25) is 4.98 Å². The van der Waals surface area contributed by atoms with Crippen LogP contribution in [0.4, 0.5) is 0 Å². The molecule has 0 aliphatic carbocycles. The van der Waals surface area contributed by atoms with Gasteiger partial charge in [0, 0.05) is 17.5 Å². The Kier molecular flexibility index (Phi) is 3.35. The summed E-state index contributed by atoms with van der Waals surface area (Å²) in [6.07, 6.45) is 1.73. The molecule has 0 saturated carbocycles. The van der Waals surface area contributed by atoms with E-state index in [0.717, 1.165) is 17.0 Å². The van der Waals surface area contributed by atoms with E-state index < -0.39 is 0 Å². The largest absolute Gasteiger partial charge is 0.493 e. The van der Waals surface area contributed by atoms with E-state index in [1.54, 1.807) is 6.20 Å². The van der Waals surface area contributed by atoms with Gasteiger partial charge in [0.2, 0.25) is 0 Å². The van der Waals surface area contributed by atoms with Crippen molar-refractivity contribution in [3.8, 4) is 5.75 Å². The van der Waals surface area contributed by atoms with Crippen molar-refractivity contribution in [1.82, 2.24) is 4.98 Å². The summed E-state index contributed by atoms with van der Waals surface area (Å²) < 4.78 is 5.38. The molecular formula is C9H12ClNO. The molecule has 0 aromatic carbocycles. The van der Waals surface area contributed by atoms with Gasteiger partial charge in [-0.25, -0.2) is 0 Å². The van der Waals surface area contributed by atoms with Gasteiger partial charge in [0.1, 0.15) is 5.75 Å². The molecule has 0 aliphatic rings. The summed E-state index contributed by atoms with van der Waals surface area (Å²) in [5.41, 5.74) is 1.93. The molecule has 0 spiro atoms. The van der Waals surface area contributed by atoms with Gasteiger partial charge in [0.25, 0.3) is 0 Å². The minimum atomic E-state index is 0.453. The number of ether oxygens (including phenoxy) is 1. The fourth-order valence-corrected chi connectivity index (χ4v) is 1.35. The quantitative estimate of drug-likeness (QED) is 0.676. The molecule has 0 bridgehead atoms. The van der Waals surface area contributed by atoms with Crippen LogP contribution in [0, 0.1) is 6.92 Å². The van der Waals surface area contributed by atoms with Crippen LogP contribution in [-0.4, -0.2) is 11.6 Å². The predicted octanol–water partition coefficient (Wildman–Crippen LogP) is 2.53. The molecule has 2 nitrogen and oxygen atoms in total. The van der Waals surface area contributed by atoms with Crippen LogP contribution in [0.15, 0.2) is 12.3 Å². The second-order valence-corrected chi connectivity index (χ2v) is 2.71. The SMILES string of the molecule is CCOc1ccnc(C)c1CCl. The monoisotopic (exact) mass is 185 g/mol. The zero-order valence-corrected chi connectivity index (χ0v) is 8.06. The fourth-order valence-electron chi connectivity index (χ4n) is 1.03. The standard InChI is InChI=1S/C9H12ClNO/c1-3-12-9-4-5-11-7(2)8(9)6-10/h4-5H,3,6H2,1-2H3. The van der Waals surface area contributed by atoms with E-state index in [1.165, 1.54) is 0 Å². The number of hydrogen-bond acceptors (Lipinski definition) is 2. The van der Waals surface area contributed by atoms with Gasteiger partial charge in [-0.1, -0.05) is 0 Å². The van der Waals surface area contributed by atoms with Gasteiger partial charge < -0.3 is 4.74 Å². The summed E-state index contributed by atoms with van der Waals surface area (Å²) in [4.78, 5) is 4.13. The summed E-state index contributed by atoms with van der Waals surface area (Å²) in [6, 6.07) is 1.84. The van der Waals surface area contributed by atoms with E-state index in [4.69, 9.17) is 16.3 Å². The molecule has 0 amide bonds. The smallest absolute Gasteiger partial charge is 0.127 e. The summed E-state index contributed by atoms with van der Waals surface area (Å²) in [5.74, 6) is 1.30. The van der Waals surface area contributed by atoms with Gasteiger partial charge in [-0.2, -0.15) is 0 Å². The number of halogens is 1. The molecule has 0 radical (unpaired) electrons. The molecule has 0 atom stereocenters. The van der Waals surface area contributed by atoms with E-state index in [-0.39, 0.29) is 0 Å². The van der Waals surface area contributed by atoms with E-state index in [0.29, 0.717) is 12.5 Å². The Bertz CT molecular complexity index is 263. The molecule has 0 aliphatic heterocycles. The zero-order chi connectivity index (χ0) is 8.97. The van der Waals surface area contributed by atoms with Crippen LogP contribution < -0.4 is 4.74 Å². The molecule has 1 heterocycles. The van der Waals surface area contributed by atoms with Crippen molar-refractivity contribution in [1.29, 1.82) is 0 Å². The van der Waals surface area contributed by atoms with E-state index in [9.17, 15) is 0 Å². The number of alkyl halides is 1. The van der Waals surface area contributed by atoms with Crippen molar-refractivity contribution >= 4 is 11.6 Å². The Morgan fingerprint density at radius 3 is 2.92 bits per heavy atom. The highest BCUT2D eigenvalue weighted by atomic mass is 35.5. The molecule has 0 unspecified atom stereocenters. The predicted molar refractivity (Wildman–Crippen MR) is 49.7 cm³/mol. The van der Waals surface area contributed by atoms with Crippen LogP contribution in [-0.2, 0) is 5.88 Å². The highest BCUT2D eigenvalue weighted by Gasteiger charge is 2.04. The minimum absolute atomic E-state index is 0.453. The minimum Gasteiger partial charge on any atom is -0.493 e. The second kappa shape index (κ2) is 4.31. The summed E-state index contributed by atoms with van der Waals surface area (Å²) in [6.45, 7) is 4.54. The van der Waals surface area contributed by atoms with Gasteiger partial charge in [-0.15, -0.1) is 11.6 Å². The van der Waals surface area contributed by atoms with Crippen LogP contribution in [0.3, 0.4) is 0 Å². The normalized spacial score (nSPS) is 9.92. The third kappa shape index (κ3) is 1.89. The topological polar surface area (TPSA) is 22.1 Å². The average Bonchev–Trinajstić information content (AvgIpc) is 2.05. The second-order valence-electron chi connectivity index (χ2n) is 2.44. The molecule has 1 aromatic rings. The Labute approximate surface area is 77.5 Å². The maximum atomic E-state index is 5.75. The Morgan fingerprint density at radius 2 is 2.33 bits per heavy atom. The lowest BCUT2D eigenvalue weighted by Gasteiger charge is -2.08. The Hall–Kier alpha value is -0.760. The number of nitrogens with zero attached hydrogens (tertiary/aromatic N) is 1. The molecule has 0 saturated heterocycles. The third-order valence-corrected chi connectivity index (χ3v) is 1.93. The highest BCUT2D eigenvalue weighted by molar-refractivity contribution is 6.17. The first-order chi connectivity index (χ1) is 5.79. The van der Waals surface area contributed by atoms with Crippen molar-refractivity contribution in [2.75, 3.05) is 6.61 Å². The molecule has 3 heteroatoms. The van der Waals surface area contributed by atoms with Crippen molar-refractivity contribution < 1.29 is 4.74 Å². The van der Waals surface area contributed by atoms with Gasteiger partial charge in [0.05, 0.1) is 12.5 Å². The van der Waals surface area contributed by atoms with E-state index >= 15 is 0 Å². The first kappa shape index (κ1) is 9.33. The van der Waals surface area contributed by atoms with E-state index in [1.807, 2.05) is 19.9 Å². The average molecular weight is 186 g/mol. The Morgan fingerprint density at radius 1 is 1.58 bits per heavy atom. The molecular weight excluding hydrogens is 174 g/mol. The van der Waals surface area contributed by atoms with Gasteiger partial charge in [0.15, 0.2) is 0 Å². The number of rotatable bonds is 3. The van der Waals surface area contributed by atoms with Crippen LogP contribution >= 0.6 is 11.6 Å². The lowest BCUT2D eigenvalue weighted by atomic mass is 10.2. The molecule has 12 heavy (non-hydrogen) atoms. The fraction of sp³-hybridized carbons (Fsp3) is 0.444. The number of hydrogen-bond donors (Lipinski definition) is 0. The number of pyridine rings is 1. The molecule has 0 N–H and O–H groups in total. The lowest BCUT2D eigenvalue weighted by molar-refractivity contribution is 0.337. The first-order valence-corrected chi connectivity index (χ1v) is 4.46. The van der Waals surface area contributed by atoms with Crippen molar-refractivity contribution in [3.05, 3.63) is 23.5 Å². The van der Waals surface area contributed by atoms with Crippen LogP contribution in [0.2, 0.25) is 0 Å². The summed E-state index contributed by atoms with van der Waals surface area (Å²) in [7, 11) is 0. The first-order valence-electron chi connectivity index (χ1n) is 3.92. The molecule has 66 valence electrons. The van der Waals surface area contributed by atoms with Crippen molar-refractivity contribution in [3.63, 3.8) is 0 Å². The van der Waals surface area contributed by atoms with Crippen LogP contribution in [0.5, 0.6) is 5.75 Å². The Balaban J connectivity index is 3.00. The third-order valence-electron chi connectivity index (χ3n) is 1.66.